The highest BCUT2D eigenvalue weighted by molar-refractivity contribution is 5.97. The van der Waals surface area contributed by atoms with E-state index in [1.54, 1.807) is 30.6 Å². The summed E-state index contributed by atoms with van der Waals surface area (Å²) in [4.78, 5) is 17.6. The van der Waals surface area contributed by atoms with E-state index in [0.29, 0.717) is 16.8 Å². The highest BCUT2D eigenvalue weighted by Gasteiger charge is 2.23. The summed E-state index contributed by atoms with van der Waals surface area (Å²) in [5.74, 6) is 0.565. The van der Waals surface area contributed by atoms with E-state index >= 15 is 0 Å². The van der Waals surface area contributed by atoms with Gasteiger partial charge in [0.1, 0.15) is 5.52 Å². The third-order valence-corrected chi connectivity index (χ3v) is 4.79. The van der Waals surface area contributed by atoms with Crippen LogP contribution in [0, 0.1) is 16.0 Å². The number of anilines is 1. The van der Waals surface area contributed by atoms with Gasteiger partial charge in [-0.15, -0.1) is 5.10 Å². The number of hydrogen-bond acceptors (Lipinski definition) is 6. The fraction of sp³-hybridized carbons (Fsp3) is 0.353. The van der Waals surface area contributed by atoms with Crippen LogP contribution < -0.4 is 4.90 Å². The van der Waals surface area contributed by atoms with Gasteiger partial charge in [0, 0.05) is 38.1 Å². The van der Waals surface area contributed by atoms with Gasteiger partial charge in [0.15, 0.2) is 0 Å². The van der Waals surface area contributed by atoms with Crippen molar-refractivity contribution in [2.45, 2.75) is 19.4 Å². The molecule has 1 aromatic carbocycles. The molecule has 0 saturated carbocycles. The standard InChI is InChI=1S/C17H18N6O2/c24-23(25)15-3-4-16(17-14(15)2-1-7-18-17)21-9-5-13(6-10-21)12-22-11-8-19-20-22/h1-4,7-8,11,13H,5-6,9-10,12H2. The van der Waals surface area contributed by atoms with E-state index in [1.165, 1.54) is 0 Å². The first-order valence-corrected chi connectivity index (χ1v) is 8.33. The van der Waals surface area contributed by atoms with Gasteiger partial charge in [0.05, 0.1) is 22.2 Å². The molecule has 0 radical (unpaired) electrons. The van der Waals surface area contributed by atoms with Crippen LogP contribution >= 0.6 is 0 Å². The molecule has 8 heteroatoms. The van der Waals surface area contributed by atoms with E-state index in [-0.39, 0.29) is 10.6 Å². The highest BCUT2D eigenvalue weighted by Crippen LogP contribution is 2.34. The Kier molecular flexibility index (Phi) is 4.01. The number of pyridine rings is 1. The summed E-state index contributed by atoms with van der Waals surface area (Å²) in [5, 5.41) is 19.7. The number of nitro groups is 1. The van der Waals surface area contributed by atoms with Crippen molar-refractivity contribution in [3.63, 3.8) is 0 Å². The van der Waals surface area contributed by atoms with Crippen molar-refractivity contribution in [1.82, 2.24) is 20.0 Å². The van der Waals surface area contributed by atoms with E-state index in [1.807, 2.05) is 16.9 Å². The van der Waals surface area contributed by atoms with Gasteiger partial charge in [-0.3, -0.25) is 19.8 Å². The van der Waals surface area contributed by atoms with Crippen LogP contribution in [0.2, 0.25) is 0 Å². The molecule has 8 nitrogen and oxygen atoms in total. The Morgan fingerprint density at radius 2 is 2.04 bits per heavy atom. The number of fused-ring (bicyclic) bond motifs is 1. The molecule has 2 aromatic heterocycles. The lowest BCUT2D eigenvalue weighted by Crippen LogP contribution is -2.35. The first-order chi connectivity index (χ1) is 12.2. The Bertz CT molecular complexity index is 887. The van der Waals surface area contributed by atoms with Crippen LogP contribution in [-0.2, 0) is 6.54 Å². The predicted octanol–water partition coefficient (Wildman–Crippen LogP) is 2.65. The molecule has 0 atom stereocenters. The zero-order valence-corrected chi connectivity index (χ0v) is 13.7. The average Bonchev–Trinajstić information content (AvgIpc) is 3.14. The van der Waals surface area contributed by atoms with E-state index in [0.717, 1.165) is 38.2 Å². The van der Waals surface area contributed by atoms with E-state index < -0.39 is 0 Å². The molecule has 4 rings (SSSR count). The smallest absolute Gasteiger partial charge is 0.278 e. The van der Waals surface area contributed by atoms with Gasteiger partial charge in [-0.1, -0.05) is 5.21 Å². The molecular formula is C17H18N6O2. The molecule has 0 N–H and O–H groups in total. The van der Waals surface area contributed by atoms with Crippen LogP contribution in [0.15, 0.2) is 42.9 Å². The van der Waals surface area contributed by atoms with E-state index in [2.05, 4.69) is 20.2 Å². The fourth-order valence-electron chi connectivity index (χ4n) is 3.51. The van der Waals surface area contributed by atoms with Gasteiger partial charge < -0.3 is 4.90 Å². The topological polar surface area (TPSA) is 90.0 Å². The number of benzene rings is 1. The molecule has 0 unspecified atom stereocenters. The second kappa shape index (κ2) is 6.46. The Morgan fingerprint density at radius 1 is 1.20 bits per heavy atom. The van der Waals surface area contributed by atoms with Crippen molar-refractivity contribution >= 4 is 22.3 Å². The normalized spacial score (nSPS) is 15.6. The average molecular weight is 338 g/mol. The van der Waals surface area contributed by atoms with Crippen molar-refractivity contribution < 1.29 is 4.92 Å². The maximum absolute atomic E-state index is 11.2. The largest absolute Gasteiger partial charge is 0.370 e. The van der Waals surface area contributed by atoms with Gasteiger partial charge in [0.2, 0.25) is 0 Å². The lowest BCUT2D eigenvalue weighted by molar-refractivity contribution is -0.383. The highest BCUT2D eigenvalue weighted by atomic mass is 16.6. The molecule has 1 aliphatic rings. The van der Waals surface area contributed by atoms with Gasteiger partial charge in [-0.2, -0.15) is 0 Å². The van der Waals surface area contributed by atoms with Crippen molar-refractivity contribution in [3.8, 4) is 0 Å². The molecule has 1 aliphatic heterocycles. The van der Waals surface area contributed by atoms with Crippen LogP contribution in [0.25, 0.3) is 10.9 Å². The van der Waals surface area contributed by atoms with Gasteiger partial charge >= 0.3 is 0 Å². The molecule has 3 heterocycles. The molecule has 25 heavy (non-hydrogen) atoms. The SMILES string of the molecule is O=[N+]([O-])c1ccc(N2CCC(Cn3ccnn3)CC2)c2ncccc12. The number of hydrogen-bond donors (Lipinski definition) is 0. The molecule has 1 fully saturated rings. The summed E-state index contributed by atoms with van der Waals surface area (Å²) in [6.07, 6.45) is 7.37. The number of nitro benzene ring substituents is 1. The maximum atomic E-state index is 11.2. The Hall–Kier alpha value is -3.03. The van der Waals surface area contributed by atoms with Crippen molar-refractivity contribution in [1.29, 1.82) is 0 Å². The van der Waals surface area contributed by atoms with Crippen molar-refractivity contribution in [2.24, 2.45) is 5.92 Å². The molecule has 1 saturated heterocycles. The molecule has 3 aromatic rings. The lowest BCUT2D eigenvalue weighted by atomic mass is 9.96. The van der Waals surface area contributed by atoms with Crippen LogP contribution in [0.5, 0.6) is 0 Å². The number of non-ortho nitro benzene ring substituents is 1. The summed E-state index contributed by atoms with van der Waals surface area (Å²) in [6.45, 7) is 2.69. The minimum atomic E-state index is -0.349. The monoisotopic (exact) mass is 338 g/mol. The Labute approximate surface area is 144 Å². The zero-order valence-electron chi connectivity index (χ0n) is 13.7. The van der Waals surface area contributed by atoms with Crippen LogP contribution in [0.4, 0.5) is 11.4 Å². The number of aromatic nitrogens is 4. The second-order valence-electron chi connectivity index (χ2n) is 6.32. The summed E-state index contributed by atoms with van der Waals surface area (Å²) in [6, 6.07) is 6.91. The predicted molar refractivity (Wildman–Crippen MR) is 93.4 cm³/mol. The van der Waals surface area contributed by atoms with Crippen molar-refractivity contribution in [2.75, 3.05) is 18.0 Å². The number of rotatable bonds is 4. The minimum absolute atomic E-state index is 0.105. The lowest BCUT2D eigenvalue weighted by Gasteiger charge is -2.33. The third kappa shape index (κ3) is 3.02. The molecule has 0 spiro atoms. The summed E-state index contributed by atoms with van der Waals surface area (Å²) < 4.78 is 1.88. The van der Waals surface area contributed by atoms with E-state index in [9.17, 15) is 10.1 Å². The fourth-order valence-corrected chi connectivity index (χ4v) is 3.51. The molecule has 0 amide bonds. The quantitative estimate of drug-likeness (QED) is 0.536. The Morgan fingerprint density at radius 3 is 2.76 bits per heavy atom. The number of piperidine rings is 1. The molecule has 0 bridgehead atoms. The summed E-state index contributed by atoms with van der Waals surface area (Å²) in [5.41, 5.74) is 1.78. The van der Waals surface area contributed by atoms with E-state index in [4.69, 9.17) is 0 Å². The van der Waals surface area contributed by atoms with Crippen LogP contribution in [0.1, 0.15) is 12.8 Å². The Balaban J connectivity index is 1.55. The first kappa shape index (κ1) is 15.5. The number of nitrogens with zero attached hydrogens (tertiary/aromatic N) is 6. The summed E-state index contributed by atoms with van der Waals surface area (Å²) in [7, 11) is 0. The zero-order chi connectivity index (χ0) is 17.2. The second-order valence-corrected chi connectivity index (χ2v) is 6.32. The van der Waals surface area contributed by atoms with Crippen molar-refractivity contribution in [3.05, 3.63) is 53.0 Å². The van der Waals surface area contributed by atoms with Crippen LogP contribution in [0.3, 0.4) is 0 Å². The molecule has 128 valence electrons. The maximum Gasteiger partial charge on any atom is 0.278 e. The van der Waals surface area contributed by atoms with Gasteiger partial charge in [0.25, 0.3) is 5.69 Å². The van der Waals surface area contributed by atoms with Gasteiger partial charge in [-0.05, 0) is 37.0 Å². The molecule has 0 aliphatic carbocycles. The summed E-state index contributed by atoms with van der Waals surface area (Å²) >= 11 is 0. The molecular weight excluding hydrogens is 320 g/mol. The minimum Gasteiger partial charge on any atom is -0.370 e. The van der Waals surface area contributed by atoms with Gasteiger partial charge in [-0.25, -0.2) is 0 Å². The first-order valence-electron chi connectivity index (χ1n) is 8.33. The van der Waals surface area contributed by atoms with Crippen LogP contribution in [-0.4, -0.2) is 38.0 Å². The third-order valence-electron chi connectivity index (χ3n) is 4.79.